The van der Waals surface area contributed by atoms with Crippen molar-refractivity contribution < 1.29 is 4.79 Å². The van der Waals surface area contributed by atoms with Crippen LogP contribution in [0.5, 0.6) is 0 Å². The van der Waals surface area contributed by atoms with Gasteiger partial charge in [0.2, 0.25) is 5.91 Å². The predicted octanol–water partition coefficient (Wildman–Crippen LogP) is 1.65. The van der Waals surface area contributed by atoms with Gasteiger partial charge in [0.15, 0.2) is 0 Å². The molecule has 1 aromatic heterocycles. The molecule has 0 spiro atoms. The first-order valence-corrected chi connectivity index (χ1v) is 6.79. The maximum absolute atomic E-state index is 12.3. The van der Waals surface area contributed by atoms with Crippen molar-refractivity contribution in [3.05, 3.63) is 12.3 Å². The number of nitrogens with zero attached hydrogens (tertiary/aromatic N) is 3. The molecule has 2 N–H and O–H groups in total. The number of rotatable bonds is 4. The van der Waals surface area contributed by atoms with E-state index in [1.54, 1.807) is 16.9 Å². The van der Waals surface area contributed by atoms with Crippen LogP contribution in [0.3, 0.4) is 0 Å². The van der Waals surface area contributed by atoms with E-state index in [9.17, 15) is 4.79 Å². The van der Waals surface area contributed by atoms with Gasteiger partial charge in [-0.3, -0.25) is 9.48 Å². The van der Waals surface area contributed by atoms with Crippen LogP contribution in [0.1, 0.15) is 39.0 Å². The smallest absolute Gasteiger partial charge is 0.244 e. The van der Waals surface area contributed by atoms with Crippen LogP contribution in [0.2, 0.25) is 0 Å². The second-order valence-corrected chi connectivity index (χ2v) is 4.91. The standard InChI is InChI=1S/C13H22N4O/c1-2-17(11-6-4-3-5-7-11)13(18)10-16-9-8-12(14)15-16/h8-9,11H,2-7,10H2,1H3,(H2,14,15). The maximum Gasteiger partial charge on any atom is 0.244 e. The molecule has 1 heterocycles. The summed E-state index contributed by atoms with van der Waals surface area (Å²) in [4.78, 5) is 14.3. The summed E-state index contributed by atoms with van der Waals surface area (Å²) >= 11 is 0. The van der Waals surface area contributed by atoms with E-state index < -0.39 is 0 Å². The number of carbonyl (C=O) groups is 1. The minimum atomic E-state index is 0.146. The summed E-state index contributed by atoms with van der Waals surface area (Å²) in [6, 6.07) is 2.13. The molecule has 0 unspecified atom stereocenters. The number of anilines is 1. The van der Waals surface area contributed by atoms with Gasteiger partial charge in [0, 0.05) is 18.8 Å². The predicted molar refractivity (Wildman–Crippen MR) is 70.9 cm³/mol. The number of nitrogens with two attached hydrogens (primary N) is 1. The Labute approximate surface area is 108 Å². The highest BCUT2D eigenvalue weighted by molar-refractivity contribution is 5.76. The average molecular weight is 250 g/mol. The fourth-order valence-corrected chi connectivity index (χ4v) is 2.73. The molecule has 0 radical (unpaired) electrons. The van der Waals surface area contributed by atoms with E-state index in [4.69, 9.17) is 5.73 Å². The van der Waals surface area contributed by atoms with Crippen LogP contribution < -0.4 is 5.73 Å². The van der Waals surface area contributed by atoms with E-state index in [0.29, 0.717) is 18.4 Å². The van der Waals surface area contributed by atoms with Gasteiger partial charge in [-0.1, -0.05) is 19.3 Å². The number of aromatic nitrogens is 2. The van der Waals surface area contributed by atoms with Crippen molar-refractivity contribution >= 4 is 11.7 Å². The molecule has 0 aliphatic heterocycles. The van der Waals surface area contributed by atoms with Gasteiger partial charge in [-0.05, 0) is 25.8 Å². The first-order valence-electron chi connectivity index (χ1n) is 6.79. The quantitative estimate of drug-likeness (QED) is 0.883. The molecule has 1 fully saturated rings. The molecule has 1 aliphatic carbocycles. The third kappa shape index (κ3) is 3.03. The van der Waals surface area contributed by atoms with E-state index in [2.05, 4.69) is 5.10 Å². The SMILES string of the molecule is CCN(C(=O)Cn1ccc(N)n1)C1CCCCC1. The Bertz CT molecular complexity index is 395. The molecule has 1 amide bonds. The van der Waals surface area contributed by atoms with Crippen LogP contribution in [-0.4, -0.2) is 33.2 Å². The van der Waals surface area contributed by atoms with Crippen molar-refractivity contribution in [2.45, 2.75) is 51.6 Å². The van der Waals surface area contributed by atoms with Crippen LogP contribution in [0.15, 0.2) is 12.3 Å². The highest BCUT2D eigenvalue weighted by Gasteiger charge is 2.24. The second-order valence-electron chi connectivity index (χ2n) is 4.91. The summed E-state index contributed by atoms with van der Waals surface area (Å²) in [5.41, 5.74) is 5.55. The van der Waals surface area contributed by atoms with Crippen molar-refractivity contribution in [2.24, 2.45) is 0 Å². The van der Waals surface area contributed by atoms with Crippen LogP contribution in [-0.2, 0) is 11.3 Å². The molecule has 1 aromatic rings. The van der Waals surface area contributed by atoms with E-state index in [0.717, 1.165) is 19.4 Å². The third-order valence-corrected chi connectivity index (χ3v) is 3.64. The van der Waals surface area contributed by atoms with Crippen LogP contribution >= 0.6 is 0 Å². The molecule has 0 bridgehead atoms. The lowest BCUT2D eigenvalue weighted by molar-refractivity contribution is -0.134. The summed E-state index contributed by atoms with van der Waals surface area (Å²) in [5, 5.41) is 4.06. The molecule has 1 saturated carbocycles. The molecule has 0 saturated heterocycles. The summed E-state index contributed by atoms with van der Waals surface area (Å²) in [6.07, 6.45) is 7.81. The van der Waals surface area contributed by atoms with E-state index in [-0.39, 0.29) is 5.91 Å². The Morgan fingerprint density at radius 1 is 1.50 bits per heavy atom. The molecule has 0 aromatic carbocycles. The van der Waals surface area contributed by atoms with Gasteiger partial charge in [-0.25, -0.2) is 0 Å². The average Bonchev–Trinajstić information content (AvgIpc) is 2.77. The van der Waals surface area contributed by atoms with Crippen LogP contribution in [0.4, 0.5) is 5.82 Å². The zero-order valence-corrected chi connectivity index (χ0v) is 11.0. The molecule has 2 rings (SSSR count). The second kappa shape index (κ2) is 5.89. The maximum atomic E-state index is 12.3. The molecule has 5 nitrogen and oxygen atoms in total. The molecule has 18 heavy (non-hydrogen) atoms. The Morgan fingerprint density at radius 2 is 2.22 bits per heavy atom. The highest BCUT2D eigenvalue weighted by Crippen LogP contribution is 2.22. The lowest BCUT2D eigenvalue weighted by Gasteiger charge is -2.33. The number of nitrogen functional groups attached to an aromatic ring is 1. The van der Waals surface area contributed by atoms with Gasteiger partial charge in [0.25, 0.3) is 0 Å². The van der Waals surface area contributed by atoms with Gasteiger partial charge in [-0.15, -0.1) is 0 Å². The molecule has 1 aliphatic rings. The van der Waals surface area contributed by atoms with Crippen molar-refractivity contribution in [2.75, 3.05) is 12.3 Å². The van der Waals surface area contributed by atoms with Gasteiger partial charge >= 0.3 is 0 Å². The molecule has 5 heteroatoms. The zero-order valence-electron chi connectivity index (χ0n) is 11.0. The van der Waals surface area contributed by atoms with Crippen LogP contribution in [0.25, 0.3) is 0 Å². The Hall–Kier alpha value is -1.52. The van der Waals surface area contributed by atoms with Crippen molar-refractivity contribution in [1.29, 1.82) is 0 Å². The molecular formula is C13H22N4O. The molecule has 100 valence electrons. The third-order valence-electron chi connectivity index (χ3n) is 3.64. The van der Waals surface area contributed by atoms with Gasteiger partial charge in [-0.2, -0.15) is 5.10 Å². The normalized spacial score (nSPS) is 16.7. The number of hydrogen-bond donors (Lipinski definition) is 1. The molecule has 0 atom stereocenters. The Kier molecular flexibility index (Phi) is 4.23. The number of amides is 1. The largest absolute Gasteiger partial charge is 0.382 e. The summed E-state index contributed by atoms with van der Waals surface area (Å²) in [7, 11) is 0. The first-order chi connectivity index (χ1) is 8.70. The lowest BCUT2D eigenvalue weighted by Crippen LogP contribution is -2.43. The molecular weight excluding hydrogens is 228 g/mol. The van der Waals surface area contributed by atoms with Gasteiger partial charge in [0.1, 0.15) is 12.4 Å². The fraction of sp³-hybridized carbons (Fsp3) is 0.692. The minimum absolute atomic E-state index is 0.146. The first kappa shape index (κ1) is 12.9. The lowest BCUT2D eigenvalue weighted by atomic mass is 9.94. The highest BCUT2D eigenvalue weighted by atomic mass is 16.2. The topological polar surface area (TPSA) is 64.2 Å². The number of likely N-dealkylation sites (N-methyl/N-ethyl adjacent to an activating group) is 1. The van der Waals surface area contributed by atoms with E-state index in [1.807, 2.05) is 11.8 Å². The minimum Gasteiger partial charge on any atom is -0.382 e. The zero-order chi connectivity index (χ0) is 13.0. The van der Waals surface area contributed by atoms with Crippen molar-refractivity contribution in [3.8, 4) is 0 Å². The number of hydrogen-bond acceptors (Lipinski definition) is 3. The van der Waals surface area contributed by atoms with Gasteiger partial charge < -0.3 is 10.6 Å². The Morgan fingerprint density at radius 3 is 2.78 bits per heavy atom. The summed E-state index contributed by atoms with van der Waals surface area (Å²) < 4.78 is 1.61. The Balaban J connectivity index is 1.96. The van der Waals surface area contributed by atoms with E-state index in [1.165, 1.54) is 19.3 Å². The summed E-state index contributed by atoms with van der Waals surface area (Å²) in [6.45, 7) is 3.12. The monoisotopic (exact) mass is 250 g/mol. The van der Waals surface area contributed by atoms with E-state index >= 15 is 0 Å². The van der Waals surface area contributed by atoms with Crippen molar-refractivity contribution in [3.63, 3.8) is 0 Å². The van der Waals surface area contributed by atoms with Crippen LogP contribution in [0, 0.1) is 0 Å². The van der Waals surface area contributed by atoms with Crippen molar-refractivity contribution in [1.82, 2.24) is 14.7 Å². The number of carbonyl (C=O) groups excluding carboxylic acids is 1. The van der Waals surface area contributed by atoms with Gasteiger partial charge in [0.05, 0.1) is 0 Å². The fourth-order valence-electron chi connectivity index (χ4n) is 2.73. The summed E-state index contributed by atoms with van der Waals surface area (Å²) in [5.74, 6) is 0.607.